The number of allylic oxidation sites excluding steroid dienone is 1. The minimum atomic E-state index is -4.52. The van der Waals surface area contributed by atoms with Crippen molar-refractivity contribution in [3.05, 3.63) is 71.2 Å². The second-order valence-electron chi connectivity index (χ2n) is 8.25. The minimum absolute atomic E-state index is 0.0443. The van der Waals surface area contributed by atoms with Crippen molar-refractivity contribution in [2.45, 2.75) is 43.9 Å². The van der Waals surface area contributed by atoms with Crippen LogP contribution in [-0.2, 0) is 15.7 Å². The molecule has 0 aliphatic carbocycles. The quantitative estimate of drug-likeness (QED) is 0.263. The average molecular weight is 496 g/mol. The second kappa shape index (κ2) is 10.3. The van der Waals surface area contributed by atoms with Gasteiger partial charge in [-0.15, -0.1) is 0 Å². The van der Waals surface area contributed by atoms with Crippen LogP contribution in [0.2, 0.25) is 0 Å². The highest BCUT2D eigenvalue weighted by atomic mass is 19.4. The number of hydrogen-bond acceptors (Lipinski definition) is 9. The minimum Gasteiger partial charge on any atom is -0.394 e. The predicted molar refractivity (Wildman–Crippen MR) is 118 cm³/mol. The van der Waals surface area contributed by atoms with Gasteiger partial charge in [0, 0.05) is 11.9 Å². The Morgan fingerprint density at radius 2 is 2.06 bits per heavy atom. The molecule has 0 saturated heterocycles. The summed E-state index contributed by atoms with van der Waals surface area (Å²) in [5, 5.41) is 31.7. The van der Waals surface area contributed by atoms with Crippen LogP contribution in [-0.4, -0.2) is 59.1 Å². The Bertz CT molecular complexity index is 1030. The Morgan fingerprint density at radius 3 is 2.80 bits per heavy atom. The number of hydrogen-bond donors (Lipinski definition) is 7. The molecular weight excluding hydrogens is 469 g/mol. The maximum Gasteiger partial charge on any atom is 0.416 e. The Hall–Kier alpha value is -3.10. The van der Waals surface area contributed by atoms with E-state index in [0.29, 0.717) is 5.70 Å². The Labute approximate surface area is 199 Å². The van der Waals surface area contributed by atoms with Gasteiger partial charge in [0.15, 0.2) is 6.29 Å². The van der Waals surface area contributed by atoms with Crippen LogP contribution in [0.5, 0.6) is 0 Å². The number of hydrazine groups is 1. The first-order valence-corrected chi connectivity index (χ1v) is 10.9. The van der Waals surface area contributed by atoms with E-state index in [2.05, 4.69) is 26.7 Å². The van der Waals surface area contributed by atoms with Crippen LogP contribution < -0.4 is 26.7 Å². The summed E-state index contributed by atoms with van der Waals surface area (Å²) >= 11 is 0. The number of aliphatic hydroxyl groups excluding tert-OH is 2. The van der Waals surface area contributed by atoms with Gasteiger partial charge in [0.25, 0.3) is 5.91 Å². The zero-order valence-corrected chi connectivity index (χ0v) is 18.7. The third kappa shape index (κ3) is 5.77. The number of nitrogens with zero attached hydrogens (tertiary/aromatic N) is 1. The average Bonchev–Trinajstić information content (AvgIpc) is 3.25. The van der Waals surface area contributed by atoms with E-state index in [1.54, 1.807) is 25.2 Å². The molecule has 1 aromatic carbocycles. The Morgan fingerprint density at radius 1 is 1.29 bits per heavy atom. The zero-order valence-electron chi connectivity index (χ0n) is 18.7. The fourth-order valence-corrected chi connectivity index (χ4v) is 3.94. The molecule has 0 bridgehead atoms. The van der Waals surface area contributed by atoms with Gasteiger partial charge in [-0.25, -0.2) is 5.43 Å². The van der Waals surface area contributed by atoms with Crippen molar-refractivity contribution >= 4 is 5.91 Å². The molecule has 13 heteroatoms. The van der Waals surface area contributed by atoms with Gasteiger partial charge in [0.1, 0.15) is 24.2 Å². The van der Waals surface area contributed by atoms with E-state index in [4.69, 9.17) is 9.84 Å². The number of nitrogens with one attached hydrogen (secondary N) is 5. The maximum absolute atomic E-state index is 13.5. The van der Waals surface area contributed by atoms with Gasteiger partial charge in [0.05, 0.1) is 24.8 Å². The molecule has 1 aromatic rings. The molecule has 10 nitrogen and oxygen atoms in total. The molecule has 0 saturated carbocycles. The molecule has 0 spiro atoms. The van der Waals surface area contributed by atoms with Gasteiger partial charge in [0.2, 0.25) is 0 Å². The summed E-state index contributed by atoms with van der Waals surface area (Å²) < 4.78 is 46.0. The molecule has 3 heterocycles. The van der Waals surface area contributed by atoms with E-state index in [9.17, 15) is 23.1 Å². The highest BCUT2D eigenvalue weighted by molar-refractivity contribution is 5.93. The SMILES string of the molecule is CC1=CC(OCC(O)CO)NC(NC(=O)C2=CNC3C=CC(c4ccccc4C(F)(F)F)NN23)N1. The highest BCUT2D eigenvalue weighted by Crippen LogP contribution is 2.36. The molecule has 5 atom stereocenters. The van der Waals surface area contributed by atoms with Gasteiger partial charge in [-0.2, -0.15) is 13.2 Å². The number of fused-ring (bicyclic) bond motifs is 1. The first-order valence-electron chi connectivity index (χ1n) is 10.9. The summed E-state index contributed by atoms with van der Waals surface area (Å²) in [4.78, 5) is 13.0. The van der Waals surface area contributed by atoms with Gasteiger partial charge in [-0.1, -0.05) is 24.3 Å². The predicted octanol–water partition coefficient (Wildman–Crippen LogP) is 0.0859. The van der Waals surface area contributed by atoms with Crippen LogP contribution >= 0.6 is 0 Å². The van der Waals surface area contributed by atoms with Crippen LogP contribution in [0, 0.1) is 0 Å². The van der Waals surface area contributed by atoms with E-state index in [-0.39, 0.29) is 17.9 Å². The molecular formula is C22H27F3N6O4. The lowest BCUT2D eigenvalue weighted by Crippen LogP contribution is -2.61. The molecule has 1 amide bonds. The molecule has 0 radical (unpaired) electrons. The number of alkyl halides is 3. The fraction of sp³-hybridized carbons (Fsp3) is 0.409. The molecule has 0 aromatic heterocycles. The third-order valence-electron chi connectivity index (χ3n) is 5.59. The lowest BCUT2D eigenvalue weighted by Gasteiger charge is -2.36. The van der Waals surface area contributed by atoms with E-state index < -0.39 is 55.1 Å². The number of aliphatic hydroxyl groups is 2. The number of halogens is 3. The van der Waals surface area contributed by atoms with Crippen molar-refractivity contribution in [2.75, 3.05) is 13.2 Å². The maximum atomic E-state index is 13.5. The van der Waals surface area contributed by atoms with Crippen LogP contribution in [0.15, 0.2) is 60.1 Å². The summed E-state index contributed by atoms with van der Waals surface area (Å²) in [5.74, 6) is -0.500. The molecule has 7 N–H and O–H groups in total. The fourth-order valence-electron chi connectivity index (χ4n) is 3.94. The van der Waals surface area contributed by atoms with Crippen LogP contribution in [0.1, 0.15) is 24.1 Å². The molecule has 4 rings (SSSR count). The monoisotopic (exact) mass is 496 g/mol. The van der Waals surface area contributed by atoms with Crippen molar-refractivity contribution in [2.24, 2.45) is 0 Å². The summed E-state index contributed by atoms with van der Waals surface area (Å²) in [6.45, 7) is 1.22. The van der Waals surface area contributed by atoms with E-state index >= 15 is 0 Å². The largest absolute Gasteiger partial charge is 0.416 e. The smallest absolute Gasteiger partial charge is 0.394 e. The van der Waals surface area contributed by atoms with Crippen LogP contribution in [0.4, 0.5) is 13.2 Å². The van der Waals surface area contributed by atoms with Gasteiger partial charge in [-0.3, -0.25) is 15.1 Å². The molecule has 3 aliphatic rings. The number of carbonyl (C=O) groups excluding carboxylic acids is 1. The number of benzene rings is 1. The number of rotatable bonds is 7. The van der Waals surface area contributed by atoms with Crippen molar-refractivity contribution in [1.29, 1.82) is 0 Å². The number of ether oxygens (including phenoxy) is 1. The lowest BCUT2D eigenvalue weighted by molar-refractivity contribution is -0.138. The summed E-state index contributed by atoms with van der Waals surface area (Å²) in [6, 6.07) is 4.49. The van der Waals surface area contributed by atoms with Crippen molar-refractivity contribution < 1.29 is 32.9 Å². The second-order valence-corrected chi connectivity index (χ2v) is 8.25. The van der Waals surface area contributed by atoms with Gasteiger partial charge >= 0.3 is 6.18 Å². The topological polar surface area (TPSA) is 130 Å². The van der Waals surface area contributed by atoms with Crippen molar-refractivity contribution in [3.8, 4) is 0 Å². The summed E-state index contributed by atoms with van der Waals surface area (Å²) in [6.07, 6.45) is -0.872. The van der Waals surface area contributed by atoms with E-state index in [0.717, 1.165) is 6.07 Å². The first-order chi connectivity index (χ1) is 16.7. The van der Waals surface area contributed by atoms with Crippen LogP contribution in [0.3, 0.4) is 0 Å². The van der Waals surface area contributed by atoms with Crippen molar-refractivity contribution in [1.82, 2.24) is 31.7 Å². The summed E-state index contributed by atoms with van der Waals surface area (Å²) in [5.41, 5.74) is 3.17. The Balaban J connectivity index is 1.42. The third-order valence-corrected chi connectivity index (χ3v) is 5.59. The summed E-state index contributed by atoms with van der Waals surface area (Å²) in [7, 11) is 0. The van der Waals surface area contributed by atoms with Crippen LogP contribution in [0.25, 0.3) is 0 Å². The molecule has 35 heavy (non-hydrogen) atoms. The molecule has 190 valence electrons. The number of amides is 1. The van der Waals surface area contributed by atoms with E-state index in [1.807, 2.05) is 0 Å². The molecule has 0 fully saturated rings. The first kappa shape index (κ1) is 25.0. The standard InChI is InChI=1S/C22H27F3N6O4/c1-12-8-19(35-11-13(33)10-32)28-21(27-12)29-20(34)17-9-26-18-7-6-16(30-31(17)18)14-4-2-3-5-15(14)22(23,24)25/h2-9,13,16,18-19,21,26-28,30,32-33H,10-11H2,1H3,(H,29,34). The Kier molecular flexibility index (Phi) is 7.33. The van der Waals surface area contributed by atoms with E-state index in [1.165, 1.54) is 29.4 Å². The molecule has 3 aliphatic heterocycles. The number of carbonyl (C=O) groups is 1. The van der Waals surface area contributed by atoms with Gasteiger partial charge < -0.3 is 30.9 Å². The lowest BCUT2D eigenvalue weighted by atomic mass is 9.99. The van der Waals surface area contributed by atoms with Crippen molar-refractivity contribution in [3.63, 3.8) is 0 Å². The molecule has 5 unspecified atom stereocenters. The van der Waals surface area contributed by atoms with Gasteiger partial charge in [-0.05, 0) is 30.7 Å². The zero-order chi connectivity index (χ0) is 25.2. The normalized spacial score (nSPS) is 26.7. The highest BCUT2D eigenvalue weighted by Gasteiger charge is 2.38.